The molecule has 0 radical (unpaired) electrons. The maximum atomic E-state index is 11.2. The predicted octanol–water partition coefficient (Wildman–Crippen LogP) is 1.32. The summed E-state index contributed by atoms with van der Waals surface area (Å²) in [6, 6.07) is 0. The number of carbonyl (C=O) groups is 1. The monoisotopic (exact) mass is 326 g/mol. The normalized spacial score (nSPS) is 19.5. The van der Waals surface area contributed by atoms with Crippen LogP contribution in [0.4, 0.5) is 5.82 Å². The lowest BCUT2D eigenvalue weighted by atomic mass is 10.0. The average molecular weight is 326 g/mol. The Kier molecular flexibility index (Phi) is 3.92. The van der Waals surface area contributed by atoms with E-state index in [-0.39, 0.29) is 5.91 Å². The second kappa shape index (κ2) is 6.22. The fourth-order valence-corrected chi connectivity index (χ4v) is 3.84. The molecule has 1 unspecified atom stereocenters. The number of hydrogen-bond donors (Lipinski definition) is 2. The molecule has 24 heavy (non-hydrogen) atoms. The molecule has 1 atom stereocenters. The van der Waals surface area contributed by atoms with Gasteiger partial charge in [-0.1, -0.05) is 0 Å². The summed E-state index contributed by atoms with van der Waals surface area (Å²) < 4.78 is 0. The summed E-state index contributed by atoms with van der Waals surface area (Å²) >= 11 is 0. The van der Waals surface area contributed by atoms with Crippen LogP contribution in [0.2, 0.25) is 0 Å². The van der Waals surface area contributed by atoms with Crippen molar-refractivity contribution in [3.8, 4) is 0 Å². The van der Waals surface area contributed by atoms with E-state index in [9.17, 15) is 4.79 Å². The number of rotatable bonds is 4. The number of anilines is 1. The molecule has 126 valence electrons. The lowest BCUT2D eigenvalue weighted by molar-refractivity contribution is -0.119. The Morgan fingerprint density at radius 1 is 1.42 bits per heavy atom. The van der Waals surface area contributed by atoms with Crippen molar-refractivity contribution < 1.29 is 4.79 Å². The first-order valence-electron chi connectivity index (χ1n) is 8.56. The van der Waals surface area contributed by atoms with Gasteiger partial charge in [0, 0.05) is 55.0 Å². The van der Waals surface area contributed by atoms with Gasteiger partial charge >= 0.3 is 0 Å². The molecule has 0 bridgehead atoms. The van der Waals surface area contributed by atoms with Crippen molar-refractivity contribution in [2.75, 3.05) is 18.0 Å². The molecule has 1 aliphatic heterocycles. The van der Waals surface area contributed by atoms with Gasteiger partial charge in [-0.15, -0.1) is 0 Å². The zero-order valence-corrected chi connectivity index (χ0v) is 13.9. The highest BCUT2D eigenvalue weighted by atomic mass is 16.1. The molecule has 3 heterocycles. The molecule has 7 nitrogen and oxygen atoms in total. The number of aryl methyl sites for hydroxylation is 1. The van der Waals surface area contributed by atoms with Gasteiger partial charge in [-0.25, -0.2) is 9.97 Å². The maximum Gasteiger partial charge on any atom is 0.217 e. The number of aromatic amines is 1. The number of aromatic nitrogens is 4. The Morgan fingerprint density at radius 2 is 2.33 bits per heavy atom. The molecule has 7 heteroatoms. The molecule has 1 saturated heterocycles. The van der Waals surface area contributed by atoms with Gasteiger partial charge in [-0.05, 0) is 25.7 Å². The number of amides is 1. The van der Waals surface area contributed by atoms with Gasteiger partial charge in [0.25, 0.3) is 0 Å². The first kappa shape index (κ1) is 15.1. The minimum atomic E-state index is -0.0215. The Morgan fingerprint density at radius 3 is 3.21 bits per heavy atom. The van der Waals surface area contributed by atoms with Crippen LogP contribution in [0.1, 0.15) is 48.2 Å². The van der Waals surface area contributed by atoms with Gasteiger partial charge in [-0.3, -0.25) is 9.89 Å². The van der Waals surface area contributed by atoms with Gasteiger partial charge in [0.1, 0.15) is 12.1 Å². The molecule has 2 aromatic heterocycles. The maximum absolute atomic E-state index is 11.2. The molecule has 0 saturated carbocycles. The molecule has 1 fully saturated rings. The number of carbonyl (C=O) groups excluding carboxylic acids is 1. The third-order valence-corrected chi connectivity index (χ3v) is 5.03. The predicted molar refractivity (Wildman–Crippen MR) is 89.7 cm³/mol. The van der Waals surface area contributed by atoms with Crippen molar-refractivity contribution in [3.63, 3.8) is 0 Å². The Bertz CT molecular complexity index is 755. The average Bonchev–Trinajstić information content (AvgIpc) is 3.30. The number of fused-ring (bicyclic) bond motifs is 1. The molecule has 0 spiro atoms. The van der Waals surface area contributed by atoms with Crippen LogP contribution in [0.25, 0.3) is 0 Å². The Labute approximate surface area is 140 Å². The molecule has 2 aliphatic rings. The van der Waals surface area contributed by atoms with Crippen LogP contribution in [0.15, 0.2) is 12.5 Å². The summed E-state index contributed by atoms with van der Waals surface area (Å²) in [7, 11) is 0. The summed E-state index contributed by atoms with van der Waals surface area (Å²) in [4.78, 5) is 22.5. The van der Waals surface area contributed by atoms with Crippen molar-refractivity contribution in [2.24, 2.45) is 0 Å². The Hall–Kier alpha value is -2.44. The van der Waals surface area contributed by atoms with Gasteiger partial charge in [0.15, 0.2) is 0 Å². The lowest BCUT2D eigenvalue weighted by Crippen LogP contribution is -2.23. The minimum Gasteiger partial charge on any atom is -0.356 e. The van der Waals surface area contributed by atoms with Crippen LogP contribution in [-0.4, -0.2) is 39.2 Å². The third kappa shape index (κ3) is 2.74. The van der Waals surface area contributed by atoms with Crippen LogP contribution in [0.3, 0.4) is 0 Å². The summed E-state index contributed by atoms with van der Waals surface area (Å²) in [5.41, 5.74) is 4.76. The van der Waals surface area contributed by atoms with Crippen molar-refractivity contribution in [1.29, 1.82) is 0 Å². The second-order valence-electron chi connectivity index (χ2n) is 6.63. The van der Waals surface area contributed by atoms with E-state index in [2.05, 4.69) is 30.4 Å². The first-order valence-corrected chi connectivity index (χ1v) is 8.56. The number of H-pyrrole nitrogens is 1. The zero-order valence-electron chi connectivity index (χ0n) is 13.9. The molecule has 1 aliphatic carbocycles. The van der Waals surface area contributed by atoms with E-state index in [0.29, 0.717) is 12.5 Å². The number of nitrogens with one attached hydrogen (secondary N) is 2. The highest BCUT2D eigenvalue weighted by Gasteiger charge is 2.30. The van der Waals surface area contributed by atoms with Crippen LogP contribution < -0.4 is 10.2 Å². The largest absolute Gasteiger partial charge is 0.356 e. The fourth-order valence-electron chi connectivity index (χ4n) is 3.84. The third-order valence-electron chi connectivity index (χ3n) is 5.03. The van der Waals surface area contributed by atoms with Gasteiger partial charge in [0.2, 0.25) is 5.91 Å². The van der Waals surface area contributed by atoms with E-state index in [1.165, 1.54) is 24.6 Å². The summed E-state index contributed by atoms with van der Waals surface area (Å²) in [6.45, 7) is 3.98. The van der Waals surface area contributed by atoms with Crippen molar-refractivity contribution in [3.05, 3.63) is 35.0 Å². The van der Waals surface area contributed by atoms with Crippen LogP contribution in [-0.2, 0) is 24.2 Å². The van der Waals surface area contributed by atoms with E-state index in [4.69, 9.17) is 0 Å². The van der Waals surface area contributed by atoms with E-state index in [0.717, 1.165) is 49.4 Å². The molecule has 1 amide bonds. The highest BCUT2D eigenvalue weighted by Crippen LogP contribution is 2.34. The van der Waals surface area contributed by atoms with E-state index >= 15 is 0 Å². The minimum absolute atomic E-state index is 0.0215. The molecule has 2 aromatic rings. The topological polar surface area (TPSA) is 86.8 Å². The summed E-state index contributed by atoms with van der Waals surface area (Å²) in [5, 5.41) is 10.2. The van der Waals surface area contributed by atoms with E-state index in [1.807, 2.05) is 6.20 Å². The summed E-state index contributed by atoms with van der Waals surface area (Å²) in [5.74, 6) is 1.48. The van der Waals surface area contributed by atoms with Crippen molar-refractivity contribution in [1.82, 2.24) is 25.5 Å². The SMILES string of the molecule is CC(=O)NCc1cn[nH]c1C1CCN(c2ncnc3c2CCC3)C1. The van der Waals surface area contributed by atoms with Crippen molar-refractivity contribution in [2.45, 2.75) is 45.1 Å². The smallest absolute Gasteiger partial charge is 0.217 e. The molecule has 2 N–H and O–H groups in total. The van der Waals surface area contributed by atoms with Crippen LogP contribution in [0, 0.1) is 0 Å². The summed E-state index contributed by atoms with van der Waals surface area (Å²) in [6.07, 6.45) is 7.92. The molecule has 4 rings (SSSR count). The second-order valence-corrected chi connectivity index (χ2v) is 6.63. The van der Waals surface area contributed by atoms with Gasteiger partial charge in [0.05, 0.1) is 6.20 Å². The lowest BCUT2D eigenvalue weighted by Gasteiger charge is -2.20. The van der Waals surface area contributed by atoms with E-state index < -0.39 is 0 Å². The van der Waals surface area contributed by atoms with Gasteiger partial charge in [-0.2, -0.15) is 5.10 Å². The van der Waals surface area contributed by atoms with Gasteiger partial charge < -0.3 is 10.2 Å². The number of hydrogen-bond acceptors (Lipinski definition) is 5. The van der Waals surface area contributed by atoms with Crippen LogP contribution in [0.5, 0.6) is 0 Å². The molecular formula is C17H22N6O. The molecule has 0 aromatic carbocycles. The zero-order chi connectivity index (χ0) is 16.5. The standard InChI is InChI=1S/C17H22N6O/c1-11(24)18-7-13-8-21-22-16(13)12-5-6-23(9-12)17-14-3-2-4-15(14)19-10-20-17/h8,10,12H,2-7,9H2,1H3,(H,18,24)(H,21,22). The first-order chi connectivity index (χ1) is 11.7. The van der Waals surface area contributed by atoms with E-state index in [1.54, 1.807) is 6.33 Å². The van der Waals surface area contributed by atoms with Crippen LogP contribution >= 0.6 is 0 Å². The highest BCUT2D eigenvalue weighted by molar-refractivity contribution is 5.72. The Balaban J connectivity index is 1.51. The van der Waals surface area contributed by atoms with Crippen molar-refractivity contribution >= 4 is 11.7 Å². The number of nitrogens with zero attached hydrogens (tertiary/aromatic N) is 4. The quantitative estimate of drug-likeness (QED) is 0.885. The fraction of sp³-hybridized carbons (Fsp3) is 0.529. The molecular weight excluding hydrogens is 304 g/mol.